The largest absolute Gasteiger partial charge is 0.358 e. The van der Waals surface area contributed by atoms with Gasteiger partial charge in [-0.25, -0.2) is 0 Å². The lowest BCUT2D eigenvalue weighted by molar-refractivity contribution is 0.195. The topological polar surface area (TPSA) is 68.5 Å². The van der Waals surface area contributed by atoms with Gasteiger partial charge in [0.15, 0.2) is 0 Å². The molecule has 5 nitrogen and oxygen atoms in total. The Labute approximate surface area is 158 Å². The van der Waals surface area contributed by atoms with E-state index in [-0.39, 0.29) is 5.24 Å². The quantitative estimate of drug-likeness (QED) is 0.831. The molecule has 0 unspecified atom stereocenters. The molecule has 2 aliphatic rings. The Balaban J connectivity index is 1.53. The van der Waals surface area contributed by atoms with E-state index in [1.807, 2.05) is 24.3 Å². The summed E-state index contributed by atoms with van der Waals surface area (Å²) >= 11 is 1.17. The van der Waals surface area contributed by atoms with Crippen molar-refractivity contribution in [1.82, 2.24) is 10.2 Å². The summed E-state index contributed by atoms with van der Waals surface area (Å²) in [4.78, 5) is 18.9. The van der Waals surface area contributed by atoms with Crippen molar-refractivity contribution in [2.24, 2.45) is 10.9 Å². The second-order valence-electron chi connectivity index (χ2n) is 6.34. The molecule has 0 aliphatic carbocycles. The van der Waals surface area contributed by atoms with Crippen LogP contribution in [0.1, 0.15) is 24.0 Å². The van der Waals surface area contributed by atoms with Crippen LogP contribution in [0.4, 0.5) is 4.79 Å². The van der Waals surface area contributed by atoms with Crippen LogP contribution < -0.4 is 5.32 Å². The maximum absolute atomic E-state index is 11.6. The van der Waals surface area contributed by atoms with Gasteiger partial charge in [-0.1, -0.05) is 24.1 Å². The number of nitriles is 1. The Morgan fingerprint density at radius 2 is 2.08 bits per heavy atom. The van der Waals surface area contributed by atoms with Gasteiger partial charge in [0, 0.05) is 6.54 Å². The maximum Gasteiger partial charge on any atom is 0.311 e. The fourth-order valence-electron chi connectivity index (χ4n) is 3.12. The number of likely N-dealkylation sites (tertiary alicyclic amines) is 1. The molecule has 1 fully saturated rings. The van der Waals surface area contributed by atoms with Crippen LogP contribution in [0.3, 0.4) is 0 Å². The number of amidine groups is 1. The summed E-state index contributed by atoms with van der Waals surface area (Å²) in [5.41, 5.74) is 1.92. The van der Waals surface area contributed by atoms with Crippen LogP contribution >= 0.6 is 11.8 Å². The van der Waals surface area contributed by atoms with Crippen LogP contribution in [-0.4, -0.2) is 35.6 Å². The summed E-state index contributed by atoms with van der Waals surface area (Å²) < 4.78 is 0. The number of nitrogens with zero attached hydrogens (tertiary/aromatic N) is 3. The number of amides is 1. The number of allylic oxidation sites excluding steroid dienone is 1. The minimum Gasteiger partial charge on any atom is -0.358 e. The molecule has 3 rings (SSSR count). The van der Waals surface area contributed by atoms with Gasteiger partial charge in [-0.15, -0.1) is 6.42 Å². The number of hydrogen-bond acceptors (Lipinski definition) is 5. The molecule has 0 bridgehead atoms. The summed E-state index contributed by atoms with van der Waals surface area (Å²) in [6.45, 7) is 3.29. The first-order valence-corrected chi connectivity index (χ1v) is 9.41. The first kappa shape index (κ1) is 18.3. The van der Waals surface area contributed by atoms with Crippen LogP contribution in [0, 0.1) is 29.6 Å². The normalized spacial score (nSPS) is 19.8. The zero-order valence-electron chi connectivity index (χ0n) is 14.4. The molecule has 132 valence electrons. The number of terminal acetylenes is 1. The highest BCUT2D eigenvalue weighted by Crippen LogP contribution is 2.30. The van der Waals surface area contributed by atoms with Crippen LogP contribution in [0.2, 0.25) is 0 Å². The van der Waals surface area contributed by atoms with Crippen LogP contribution in [-0.2, 0) is 6.54 Å². The van der Waals surface area contributed by atoms with Crippen LogP contribution in [0.25, 0.3) is 0 Å². The average Bonchev–Trinajstić information content (AvgIpc) is 3.01. The third kappa shape index (κ3) is 4.76. The SMILES string of the molecule is C#CCNC1=NC(=O)S/C1=C\C1CCN(Cc2ccc(C#N)cc2)CC1. The van der Waals surface area contributed by atoms with Crippen molar-refractivity contribution in [2.45, 2.75) is 19.4 Å². The first-order valence-electron chi connectivity index (χ1n) is 8.59. The molecule has 0 atom stereocenters. The Kier molecular flexibility index (Phi) is 6.12. The van der Waals surface area contributed by atoms with Gasteiger partial charge in [-0.3, -0.25) is 9.69 Å². The monoisotopic (exact) mass is 364 g/mol. The van der Waals surface area contributed by atoms with Gasteiger partial charge in [0.25, 0.3) is 0 Å². The molecule has 1 N–H and O–H groups in total. The van der Waals surface area contributed by atoms with E-state index < -0.39 is 0 Å². The smallest absolute Gasteiger partial charge is 0.311 e. The van der Waals surface area contributed by atoms with E-state index in [9.17, 15) is 4.79 Å². The predicted octanol–water partition coefficient (Wildman–Crippen LogP) is 3.14. The Morgan fingerprint density at radius 3 is 2.73 bits per heavy atom. The summed E-state index contributed by atoms with van der Waals surface area (Å²) in [6, 6.07) is 9.92. The van der Waals surface area contributed by atoms with Crippen molar-refractivity contribution in [3.63, 3.8) is 0 Å². The molecule has 0 aromatic heterocycles. The van der Waals surface area contributed by atoms with Gasteiger partial charge in [0.1, 0.15) is 5.84 Å². The highest BCUT2D eigenvalue weighted by molar-refractivity contribution is 8.18. The summed E-state index contributed by atoms with van der Waals surface area (Å²) in [7, 11) is 0. The van der Waals surface area contributed by atoms with Crippen LogP contribution in [0.15, 0.2) is 40.2 Å². The highest BCUT2D eigenvalue weighted by atomic mass is 32.2. The van der Waals surface area contributed by atoms with Gasteiger partial charge >= 0.3 is 5.24 Å². The fraction of sp³-hybridized carbons (Fsp3) is 0.350. The number of nitrogens with one attached hydrogen (secondary N) is 1. The number of carbonyl (C=O) groups excluding carboxylic acids is 1. The second kappa shape index (κ2) is 8.71. The molecule has 0 spiro atoms. The van der Waals surface area contributed by atoms with Crippen molar-refractivity contribution >= 4 is 22.8 Å². The lowest BCUT2D eigenvalue weighted by Gasteiger charge is -2.31. The van der Waals surface area contributed by atoms with Crippen molar-refractivity contribution < 1.29 is 4.79 Å². The highest BCUT2D eigenvalue weighted by Gasteiger charge is 2.24. The van der Waals surface area contributed by atoms with Crippen molar-refractivity contribution in [3.8, 4) is 18.4 Å². The molecule has 1 amide bonds. The number of carbonyl (C=O) groups is 1. The molecule has 26 heavy (non-hydrogen) atoms. The molecule has 0 saturated carbocycles. The van der Waals surface area contributed by atoms with E-state index >= 15 is 0 Å². The van der Waals surface area contributed by atoms with E-state index in [4.69, 9.17) is 11.7 Å². The molecule has 1 saturated heterocycles. The maximum atomic E-state index is 11.6. The zero-order valence-corrected chi connectivity index (χ0v) is 15.3. The zero-order chi connectivity index (χ0) is 18.4. The lowest BCUT2D eigenvalue weighted by atomic mass is 9.95. The number of piperidine rings is 1. The Hall–Kier alpha value is -2.54. The number of benzene rings is 1. The first-order chi connectivity index (χ1) is 12.7. The van der Waals surface area contributed by atoms with E-state index in [0.717, 1.165) is 37.4 Å². The standard InChI is InChI=1S/C20H20N4OS/c1-2-9-22-19-18(26-20(25)23-19)12-15-7-10-24(11-8-15)14-17-5-3-16(13-21)4-6-17/h1,3-6,12,15H,7-11,14H2,(H,22,23,25)/b18-12-. The predicted molar refractivity (Wildman–Crippen MR) is 104 cm³/mol. The number of thioether (sulfide) groups is 1. The average molecular weight is 364 g/mol. The summed E-state index contributed by atoms with van der Waals surface area (Å²) in [6.07, 6.45) is 9.53. The van der Waals surface area contributed by atoms with Crippen molar-refractivity contribution in [2.75, 3.05) is 19.6 Å². The number of rotatable bonds is 4. The Bertz CT molecular complexity index is 806. The minimum absolute atomic E-state index is 0.186. The van der Waals surface area contributed by atoms with Gasteiger partial charge < -0.3 is 5.32 Å². The van der Waals surface area contributed by atoms with Gasteiger partial charge in [0.2, 0.25) is 0 Å². The van der Waals surface area contributed by atoms with E-state index in [1.54, 1.807) is 0 Å². The fourth-order valence-corrected chi connectivity index (χ4v) is 3.92. The third-order valence-corrected chi connectivity index (χ3v) is 5.32. The summed E-state index contributed by atoms with van der Waals surface area (Å²) in [5.74, 6) is 3.56. The van der Waals surface area contributed by atoms with Crippen molar-refractivity contribution in [3.05, 3.63) is 46.4 Å². The molecule has 6 heteroatoms. The molecule has 0 radical (unpaired) electrons. The van der Waals surface area contributed by atoms with Gasteiger partial charge in [0.05, 0.1) is 23.1 Å². The Morgan fingerprint density at radius 1 is 1.35 bits per heavy atom. The summed E-state index contributed by atoms with van der Waals surface area (Å²) in [5, 5.41) is 11.7. The molecule has 2 aliphatic heterocycles. The number of aliphatic imine (C=N–C) groups is 1. The van der Waals surface area contributed by atoms with Gasteiger partial charge in [-0.2, -0.15) is 10.3 Å². The molecule has 1 aromatic rings. The minimum atomic E-state index is -0.186. The van der Waals surface area contributed by atoms with Crippen LogP contribution in [0.5, 0.6) is 0 Å². The van der Waals surface area contributed by atoms with E-state index in [2.05, 4.69) is 33.3 Å². The van der Waals surface area contributed by atoms with Gasteiger partial charge in [-0.05, 0) is 61.3 Å². The molecule has 1 aromatic carbocycles. The third-order valence-electron chi connectivity index (χ3n) is 4.50. The second-order valence-corrected chi connectivity index (χ2v) is 7.33. The molecule has 2 heterocycles. The van der Waals surface area contributed by atoms with Crippen molar-refractivity contribution in [1.29, 1.82) is 5.26 Å². The van der Waals surface area contributed by atoms with E-state index in [1.165, 1.54) is 17.3 Å². The lowest BCUT2D eigenvalue weighted by Crippen LogP contribution is -2.33. The molecular formula is C20H20N4OS. The van der Waals surface area contributed by atoms with E-state index in [0.29, 0.717) is 23.9 Å². The molecular weight excluding hydrogens is 344 g/mol. The number of hydrogen-bond donors (Lipinski definition) is 1.